The monoisotopic (exact) mass is 464 g/mol. The Balaban J connectivity index is 1.45. The number of ether oxygens (including phenoxy) is 2. The number of anilines is 1. The zero-order valence-corrected chi connectivity index (χ0v) is 20.1. The number of hydrogen-bond acceptors (Lipinski definition) is 5. The van der Waals surface area contributed by atoms with E-state index < -0.39 is 11.5 Å². The van der Waals surface area contributed by atoms with E-state index in [4.69, 9.17) is 9.47 Å². The van der Waals surface area contributed by atoms with Gasteiger partial charge in [0.2, 0.25) is 12.7 Å². The highest BCUT2D eigenvalue weighted by atomic mass is 16.7. The van der Waals surface area contributed by atoms with E-state index >= 15 is 0 Å². The van der Waals surface area contributed by atoms with Crippen molar-refractivity contribution in [2.75, 3.05) is 18.7 Å². The van der Waals surface area contributed by atoms with Gasteiger partial charge in [-0.2, -0.15) is 0 Å². The van der Waals surface area contributed by atoms with Gasteiger partial charge in [-0.15, -0.1) is 0 Å². The van der Waals surface area contributed by atoms with Crippen molar-refractivity contribution in [2.45, 2.75) is 63.5 Å². The summed E-state index contributed by atoms with van der Waals surface area (Å²) in [4.78, 5) is 13.4. The van der Waals surface area contributed by atoms with E-state index in [1.165, 1.54) is 0 Å². The molecule has 180 valence electrons. The normalized spacial score (nSPS) is 18.1. The first kappa shape index (κ1) is 22.7. The zero-order valence-electron chi connectivity index (χ0n) is 20.1. The topological polar surface area (TPSA) is 93.0 Å². The molecule has 1 saturated carbocycles. The highest BCUT2D eigenvalue weighted by molar-refractivity contribution is 6.02. The maximum absolute atomic E-state index is 13.4. The number of benzene rings is 2. The van der Waals surface area contributed by atoms with E-state index in [1.54, 1.807) is 0 Å². The minimum Gasteiger partial charge on any atom is -0.454 e. The second-order valence-corrected chi connectivity index (χ2v) is 10.5. The standard InChI is InChI=1S/C27H32N2O5/c1-16(21(31)14-30)29-20-7-6-19(11-17(20)12-24(29)26(2,3)4)28-25(32)27(9-10-27)18-5-8-22-23(13-18)34-15-33-22/h5-8,11-13,16,21,30-31H,9-10,14-15H2,1-4H3,(H,28,32)/t16?,21-/m0/s1. The third-order valence-corrected chi connectivity index (χ3v) is 7.13. The lowest BCUT2D eigenvalue weighted by Crippen LogP contribution is -2.29. The first-order valence-electron chi connectivity index (χ1n) is 11.8. The molecular weight excluding hydrogens is 432 g/mol. The Hall–Kier alpha value is -3.03. The van der Waals surface area contributed by atoms with Crippen LogP contribution in [0.1, 0.15) is 57.8 Å². The number of fused-ring (bicyclic) bond motifs is 2. The number of rotatable bonds is 6. The predicted molar refractivity (Wildman–Crippen MR) is 131 cm³/mol. The van der Waals surface area contributed by atoms with Crippen molar-refractivity contribution < 1.29 is 24.5 Å². The van der Waals surface area contributed by atoms with Crippen LogP contribution in [0.25, 0.3) is 10.9 Å². The summed E-state index contributed by atoms with van der Waals surface area (Å²) >= 11 is 0. The summed E-state index contributed by atoms with van der Waals surface area (Å²) in [6, 6.07) is 13.4. The van der Waals surface area contributed by atoms with Crippen molar-refractivity contribution in [2.24, 2.45) is 0 Å². The molecule has 5 rings (SSSR count). The molecule has 1 unspecified atom stereocenters. The highest BCUT2D eigenvalue weighted by Crippen LogP contribution is 2.51. The van der Waals surface area contributed by atoms with Gasteiger partial charge in [-0.3, -0.25) is 4.79 Å². The average Bonchev–Trinajstić information content (AvgIpc) is 3.32. The number of hydrogen-bond donors (Lipinski definition) is 3. The molecule has 1 aliphatic carbocycles. The highest BCUT2D eigenvalue weighted by Gasteiger charge is 2.51. The van der Waals surface area contributed by atoms with Crippen LogP contribution in [0.15, 0.2) is 42.5 Å². The molecule has 0 spiro atoms. The number of nitrogens with one attached hydrogen (secondary N) is 1. The van der Waals surface area contributed by atoms with Gasteiger partial charge in [0.15, 0.2) is 11.5 Å². The van der Waals surface area contributed by atoms with Crippen LogP contribution in [0.5, 0.6) is 11.5 Å². The number of carbonyl (C=O) groups is 1. The third kappa shape index (κ3) is 3.73. The Bertz CT molecular complexity index is 1250. The third-order valence-electron chi connectivity index (χ3n) is 7.13. The molecule has 3 aromatic rings. The van der Waals surface area contributed by atoms with Crippen LogP contribution in [0, 0.1) is 0 Å². The van der Waals surface area contributed by atoms with Crippen molar-refractivity contribution in [3.63, 3.8) is 0 Å². The Morgan fingerprint density at radius 1 is 1.12 bits per heavy atom. The van der Waals surface area contributed by atoms with E-state index in [-0.39, 0.29) is 30.8 Å². The summed E-state index contributed by atoms with van der Waals surface area (Å²) in [7, 11) is 0. The zero-order chi connectivity index (χ0) is 24.3. The molecular formula is C27H32N2O5. The van der Waals surface area contributed by atoms with Gasteiger partial charge in [-0.05, 0) is 61.7 Å². The molecule has 2 aliphatic rings. The van der Waals surface area contributed by atoms with Gasteiger partial charge < -0.3 is 29.6 Å². The second kappa shape index (κ2) is 8.03. The lowest BCUT2D eigenvalue weighted by Gasteiger charge is -2.28. The van der Waals surface area contributed by atoms with Crippen molar-refractivity contribution in [3.8, 4) is 11.5 Å². The number of carbonyl (C=O) groups excluding carboxylic acids is 1. The van der Waals surface area contributed by atoms with Crippen LogP contribution in [0.3, 0.4) is 0 Å². The Kier molecular flexibility index (Phi) is 5.37. The van der Waals surface area contributed by atoms with E-state index in [0.717, 1.165) is 40.7 Å². The number of aliphatic hydroxyl groups excluding tert-OH is 2. The lowest BCUT2D eigenvalue weighted by atomic mass is 9.91. The van der Waals surface area contributed by atoms with Gasteiger partial charge in [0.05, 0.1) is 24.2 Å². The fourth-order valence-electron chi connectivity index (χ4n) is 4.87. The van der Waals surface area contributed by atoms with Crippen LogP contribution in [-0.4, -0.2) is 40.2 Å². The van der Waals surface area contributed by atoms with Crippen molar-refractivity contribution in [1.82, 2.24) is 4.57 Å². The van der Waals surface area contributed by atoms with E-state index in [9.17, 15) is 15.0 Å². The Morgan fingerprint density at radius 2 is 1.85 bits per heavy atom. The molecule has 1 amide bonds. The predicted octanol–water partition coefficient (Wildman–Crippen LogP) is 4.25. The van der Waals surface area contributed by atoms with Crippen molar-refractivity contribution in [3.05, 3.63) is 53.7 Å². The molecule has 0 bridgehead atoms. The molecule has 3 N–H and O–H groups in total. The van der Waals surface area contributed by atoms with Crippen LogP contribution in [-0.2, 0) is 15.6 Å². The minimum atomic E-state index is -0.868. The van der Waals surface area contributed by atoms with Gasteiger partial charge in [-0.1, -0.05) is 26.8 Å². The minimum absolute atomic E-state index is 0.0229. The molecule has 7 nitrogen and oxygen atoms in total. The number of amides is 1. The molecule has 2 heterocycles. The van der Waals surface area contributed by atoms with Gasteiger partial charge in [-0.25, -0.2) is 0 Å². The molecule has 1 fully saturated rings. The van der Waals surface area contributed by atoms with Gasteiger partial charge in [0.1, 0.15) is 0 Å². The average molecular weight is 465 g/mol. The second-order valence-electron chi connectivity index (χ2n) is 10.5. The fraction of sp³-hybridized carbons (Fsp3) is 0.444. The summed E-state index contributed by atoms with van der Waals surface area (Å²) in [6.07, 6.45) is 0.719. The molecule has 34 heavy (non-hydrogen) atoms. The molecule has 1 aliphatic heterocycles. The fourth-order valence-corrected chi connectivity index (χ4v) is 4.87. The summed E-state index contributed by atoms with van der Waals surface area (Å²) in [5, 5.41) is 24.0. The summed E-state index contributed by atoms with van der Waals surface area (Å²) in [5.41, 5.74) is 2.99. The van der Waals surface area contributed by atoms with Gasteiger partial charge in [0.25, 0.3) is 0 Å². The Labute approximate surface area is 199 Å². The molecule has 2 atom stereocenters. The first-order valence-corrected chi connectivity index (χ1v) is 11.8. The molecule has 0 saturated heterocycles. The van der Waals surface area contributed by atoms with E-state index in [0.29, 0.717) is 11.5 Å². The van der Waals surface area contributed by atoms with Gasteiger partial charge >= 0.3 is 0 Å². The van der Waals surface area contributed by atoms with Crippen LogP contribution in [0.2, 0.25) is 0 Å². The molecule has 1 aromatic heterocycles. The SMILES string of the molecule is CC([C@@H](O)CO)n1c(C(C)(C)C)cc2cc(NC(=O)C3(c4ccc5c(c4)OCO5)CC3)ccc21. The van der Waals surface area contributed by atoms with Crippen molar-refractivity contribution >= 4 is 22.5 Å². The molecule has 0 radical (unpaired) electrons. The quantitative estimate of drug-likeness (QED) is 0.507. The van der Waals surface area contributed by atoms with E-state index in [2.05, 4.69) is 36.7 Å². The largest absolute Gasteiger partial charge is 0.454 e. The number of aliphatic hydroxyl groups is 2. The maximum Gasteiger partial charge on any atom is 0.235 e. The maximum atomic E-state index is 13.4. The summed E-state index contributed by atoms with van der Waals surface area (Å²) in [5.74, 6) is 1.38. The summed E-state index contributed by atoms with van der Waals surface area (Å²) in [6.45, 7) is 8.19. The lowest BCUT2D eigenvalue weighted by molar-refractivity contribution is -0.118. The van der Waals surface area contributed by atoms with Crippen molar-refractivity contribution in [1.29, 1.82) is 0 Å². The van der Waals surface area contributed by atoms with E-state index in [1.807, 2.05) is 43.3 Å². The number of nitrogens with zero attached hydrogens (tertiary/aromatic N) is 1. The summed E-state index contributed by atoms with van der Waals surface area (Å²) < 4.78 is 13.0. The smallest absolute Gasteiger partial charge is 0.235 e. The van der Waals surface area contributed by atoms with Crippen LogP contribution >= 0.6 is 0 Å². The van der Waals surface area contributed by atoms with Crippen LogP contribution < -0.4 is 14.8 Å². The number of aromatic nitrogens is 1. The Morgan fingerprint density at radius 3 is 2.53 bits per heavy atom. The first-order chi connectivity index (χ1) is 16.1. The molecule has 7 heteroatoms. The van der Waals surface area contributed by atoms with Gasteiger partial charge in [0, 0.05) is 27.7 Å². The van der Waals surface area contributed by atoms with Crippen LogP contribution in [0.4, 0.5) is 5.69 Å². The molecule has 2 aromatic carbocycles.